The number of benzene rings is 1. The predicted octanol–water partition coefficient (Wildman–Crippen LogP) is 8.01. The Morgan fingerprint density at radius 1 is 0.778 bits per heavy atom. The first-order valence-electron chi connectivity index (χ1n) is 10.9. The molecule has 1 aromatic carbocycles. The Morgan fingerprint density at radius 3 is 1.81 bits per heavy atom. The maximum absolute atomic E-state index is 4.85. The fraction of sp³-hybridized carbons (Fsp3) is 0.480. The van der Waals surface area contributed by atoms with E-state index in [-0.39, 0.29) is 0 Å². The van der Waals surface area contributed by atoms with Gasteiger partial charge in [0, 0.05) is 0 Å². The summed E-state index contributed by atoms with van der Waals surface area (Å²) in [6.07, 6.45) is 12.5. The number of hydrogen-bond acceptors (Lipinski definition) is 1. The van der Waals surface area contributed by atoms with Crippen LogP contribution in [-0.2, 0) is 0 Å². The molecule has 1 heterocycles. The van der Waals surface area contributed by atoms with Crippen molar-refractivity contribution in [2.45, 2.75) is 72.6 Å². The third-order valence-corrected chi connectivity index (χ3v) is 21.3. The molecule has 0 saturated heterocycles. The van der Waals surface area contributed by atoms with E-state index < -0.39 is 18.4 Å². The minimum atomic E-state index is -2.56. The first-order chi connectivity index (χ1) is 13.3. The van der Waals surface area contributed by atoms with Crippen molar-refractivity contribution >= 4 is 28.0 Å². The van der Waals surface area contributed by atoms with Gasteiger partial charge in [-0.15, -0.1) is 0 Å². The van der Waals surface area contributed by atoms with Gasteiger partial charge in [-0.2, -0.15) is 0 Å². The van der Waals surface area contributed by atoms with Crippen LogP contribution in [0.2, 0.25) is 13.3 Å². The first kappa shape index (κ1) is 22.2. The van der Waals surface area contributed by atoms with Gasteiger partial charge in [-0.05, 0) is 0 Å². The molecule has 0 atom stereocenters. The van der Waals surface area contributed by atoms with Crippen molar-refractivity contribution in [1.29, 1.82) is 0 Å². The Bertz CT molecular complexity index is 641. The van der Waals surface area contributed by atoms with Crippen LogP contribution in [-0.4, -0.2) is 23.4 Å². The molecule has 1 nitrogen and oxygen atoms in total. The van der Waals surface area contributed by atoms with Crippen molar-refractivity contribution in [2.75, 3.05) is 0 Å². The molecule has 0 amide bonds. The Kier molecular flexibility index (Phi) is 10.2. The monoisotopic (exact) mass is 471 g/mol. The molecule has 2 heteroatoms. The molecule has 0 spiro atoms. The van der Waals surface area contributed by atoms with E-state index in [1.165, 1.54) is 63.1 Å². The van der Waals surface area contributed by atoms with Crippen molar-refractivity contribution in [3.05, 3.63) is 66.0 Å². The maximum atomic E-state index is 4.85. The summed E-state index contributed by atoms with van der Waals surface area (Å²) in [4.78, 5) is 4.85. The van der Waals surface area contributed by atoms with Gasteiger partial charge in [-0.3, -0.25) is 0 Å². The van der Waals surface area contributed by atoms with E-state index in [0.717, 1.165) is 0 Å². The Labute approximate surface area is 171 Å². The SMILES string of the molecule is CCC[CH2][Sn]([CH2]CCC)([CH2]CCC)/[C](=C/c1ccccc1)c1ccccn1. The van der Waals surface area contributed by atoms with E-state index >= 15 is 0 Å². The van der Waals surface area contributed by atoms with Gasteiger partial charge in [0.25, 0.3) is 0 Å². The van der Waals surface area contributed by atoms with Crippen LogP contribution in [0.4, 0.5) is 0 Å². The molecule has 0 aliphatic carbocycles. The standard InChI is InChI=1S/C13H10N.3C4H9.Sn/c1-2-6-12(7-3-1)9-10-13-8-4-5-11-14-13;3*1-3-4-2;/h1-9,11H;3*1,3-4H2,2H3;. The van der Waals surface area contributed by atoms with Crippen LogP contribution >= 0.6 is 0 Å². The van der Waals surface area contributed by atoms with E-state index in [9.17, 15) is 0 Å². The summed E-state index contributed by atoms with van der Waals surface area (Å²) in [6, 6.07) is 17.4. The minimum absolute atomic E-state index is 1.25. The number of rotatable bonds is 12. The Morgan fingerprint density at radius 2 is 1.33 bits per heavy atom. The van der Waals surface area contributed by atoms with Gasteiger partial charge in [0.1, 0.15) is 0 Å². The molecule has 2 rings (SSSR count). The average Bonchev–Trinajstić information content (AvgIpc) is 2.73. The van der Waals surface area contributed by atoms with Gasteiger partial charge in [0.05, 0.1) is 0 Å². The van der Waals surface area contributed by atoms with Crippen molar-refractivity contribution < 1.29 is 0 Å². The van der Waals surface area contributed by atoms with Crippen molar-refractivity contribution in [3.8, 4) is 0 Å². The van der Waals surface area contributed by atoms with Crippen LogP contribution in [0.15, 0.2) is 54.7 Å². The number of pyridine rings is 1. The summed E-state index contributed by atoms with van der Waals surface area (Å²) in [7, 11) is 0. The van der Waals surface area contributed by atoms with Gasteiger partial charge in [-0.25, -0.2) is 0 Å². The van der Waals surface area contributed by atoms with Crippen LogP contribution in [0.3, 0.4) is 0 Å². The van der Waals surface area contributed by atoms with Crippen LogP contribution < -0.4 is 0 Å². The molecule has 146 valence electrons. The van der Waals surface area contributed by atoms with Gasteiger partial charge >= 0.3 is 172 Å². The molecular formula is C25H37NSn. The van der Waals surface area contributed by atoms with Crippen molar-refractivity contribution in [2.24, 2.45) is 0 Å². The molecule has 0 N–H and O–H groups in total. The summed E-state index contributed by atoms with van der Waals surface area (Å²) < 4.78 is 6.08. The zero-order chi connectivity index (χ0) is 19.4. The molecule has 1 aromatic heterocycles. The number of nitrogens with zero attached hydrogens (tertiary/aromatic N) is 1. The average molecular weight is 470 g/mol. The zero-order valence-corrected chi connectivity index (χ0v) is 20.4. The van der Waals surface area contributed by atoms with E-state index in [1.54, 1.807) is 3.59 Å². The molecule has 0 aliphatic heterocycles. The van der Waals surface area contributed by atoms with Gasteiger partial charge in [0.15, 0.2) is 0 Å². The summed E-state index contributed by atoms with van der Waals surface area (Å²) in [5.74, 6) is 0. The van der Waals surface area contributed by atoms with Crippen LogP contribution in [0, 0.1) is 0 Å². The second kappa shape index (κ2) is 12.4. The molecule has 0 bridgehead atoms. The first-order valence-corrected chi connectivity index (χ1v) is 18.4. The summed E-state index contributed by atoms with van der Waals surface area (Å²) in [6.45, 7) is 7.03. The summed E-state index contributed by atoms with van der Waals surface area (Å²) >= 11 is -2.56. The summed E-state index contributed by atoms with van der Waals surface area (Å²) in [5.41, 5.74) is 2.59. The van der Waals surface area contributed by atoms with E-state index in [0.29, 0.717) is 0 Å². The topological polar surface area (TPSA) is 12.9 Å². The second-order valence-corrected chi connectivity index (χ2v) is 20.9. The number of aromatic nitrogens is 1. The van der Waals surface area contributed by atoms with Gasteiger partial charge in [0.2, 0.25) is 0 Å². The van der Waals surface area contributed by atoms with E-state index in [4.69, 9.17) is 4.98 Å². The third kappa shape index (κ3) is 6.78. The normalized spacial score (nSPS) is 12.3. The molecule has 0 fully saturated rings. The molecule has 27 heavy (non-hydrogen) atoms. The number of hydrogen-bond donors (Lipinski definition) is 0. The molecular weight excluding hydrogens is 433 g/mol. The fourth-order valence-corrected chi connectivity index (χ4v) is 20.7. The number of unbranched alkanes of at least 4 members (excludes halogenated alkanes) is 3. The van der Waals surface area contributed by atoms with Crippen LogP contribution in [0.5, 0.6) is 0 Å². The quantitative estimate of drug-likeness (QED) is 0.287. The van der Waals surface area contributed by atoms with Crippen molar-refractivity contribution in [3.63, 3.8) is 0 Å². The van der Waals surface area contributed by atoms with Crippen LogP contribution in [0.1, 0.15) is 70.6 Å². The molecule has 0 aliphatic rings. The van der Waals surface area contributed by atoms with Crippen molar-refractivity contribution in [1.82, 2.24) is 4.98 Å². The Hall–Kier alpha value is -1.09. The van der Waals surface area contributed by atoms with E-state index in [1.807, 2.05) is 12.3 Å². The van der Waals surface area contributed by atoms with Gasteiger partial charge < -0.3 is 0 Å². The predicted molar refractivity (Wildman–Crippen MR) is 123 cm³/mol. The summed E-state index contributed by atoms with van der Waals surface area (Å²) in [5, 5.41) is 0. The Balaban J connectivity index is 2.57. The molecule has 0 radical (unpaired) electrons. The molecule has 0 unspecified atom stereocenters. The molecule has 2 aromatic rings. The molecule has 0 saturated carbocycles. The van der Waals surface area contributed by atoms with E-state index in [2.05, 4.69) is 69.3 Å². The third-order valence-electron chi connectivity index (χ3n) is 5.65. The van der Waals surface area contributed by atoms with Gasteiger partial charge in [-0.1, -0.05) is 0 Å². The zero-order valence-electron chi connectivity index (χ0n) is 17.6. The van der Waals surface area contributed by atoms with Crippen LogP contribution in [0.25, 0.3) is 9.67 Å². The second-order valence-electron chi connectivity index (χ2n) is 7.77. The fourth-order valence-electron chi connectivity index (χ4n) is 4.06.